The predicted molar refractivity (Wildman–Crippen MR) is 77.1 cm³/mol. The molecule has 1 aromatic carbocycles. The van der Waals surface area contributed by atoms with Crippen molar-refractivity contribution in [1.29, 1.82) is 5.26 Å². The molecule has 0 spiro atoms. The molecule has 0 radical (unpaired) electrons. The Bertz CT molecular complexity index is 660. The number of rotatable bonds is 5. The van der Waals surface area contributed by atoms with E-state index in [1.165, 1.54) is 0 Å². The van der Waals surface area contributed by atoms with Gasteiger partial charge in [0.2, 0.25) is 0 Å². The smallest absolute Gasteiger partial charge is 0.306 e. The molecule has 21 heavy (non-hydrogen) atoms. The first-order valence-electron chi connectivity index (χ1n) is 6.71. The quantitative estimate of drug-likeness (QED) is 0.787. The second kappa shape index (κ2) is 7.15. The maximum Gasteiger partial charge on any atom is 0.306 e. The number of hydrogen-bond donors (Lipinski definition) is 0. The van der Waals surface area contributed by atoms with E-state index in [0.717, 1.165) is 11.3 Å². The Labute approximate surface area is 123 Å². The molecule has 5 heteroatoms. The van der Waals surface area contributed by atoms with Gasteiger partial charge in [0, 0.05) is 23.9 Å². The monoisotopic (exact) mass is 281 g/mol. The van der Waals surface area contributed by atoms with Crippen LogP contribution >= 0.6 is 0 Å². The summed E-state index contributed by atoms with van der Waals surface area (Å²) in [6.07, 6.45) is 2.49. The van der Waals surface area contributed by atoms with E-state index in [1.807, 2.05) is 12.1 Å². The third-order valence-corrected chi connectivity index (χ3v) is 2.88. The third-order valence-electron chi connectivity index (χ3n) is 2.88. The molecule has 106 valence electrons. The maximum absolute atomic E-state index is 11.3. The van der Waals surface area contributed by atoms with Crippen LogP contribution in [0.25, 0.3) is 11.4 Å². The average Bonchev–Trinajstić information content (AvgIpc) is 2.54. The molecule has 0 aliphatic rings. The minimum atomic E-state index is -0.226. The Balaban J connectivity index is 2.10. The number of benzene rings is 1. The lowest BCUT2D eigenvalue weighted by molar-refractivity contribution is -0.143. The second-order valence-corrected chi connectivity index (χ2v) is 4.37. The number of carbonyl (C=O) groups is 1. The molecule has 1 aromatic heterocycles. The van der Waals surface area contributed by atoms with Crippen LogP contribution in [0.1, 0.15) is 24.6 Å². The molecular weight excluding hydrogens is 266 g/mol. The normalized spacial score (nSPS) is 9.90. The van der Waals surface area contributed by atoms with E-state index in [2.05, 4.69) is 16.0 Å². The summed E-state index contributed by atoms with van der Waals surface area (Å²) < 4.78 is 4.89. The van der Waals surface area contributed by atoms with Crippen LogP contribution in [0.2, 0.25) is 0 Å². The van der Waals surface area contributed by atoms with Gasteiger partial charge in [0.1, 0.15) is 0 Å². The fourth-order valence-corrected chi connectivity index (χ4v) is 1.83. The Morgan fingerprint density at radius 2 is 2.05 bits per heavy atom. The average molecular weight is 281 g/mol. The van der Waals surface area contributed by atoms with Gasteiger partial charge in [-0.2, -0.15) is 5.26 Å². The zero-order valence-corrected chi connectivity index (χ0v) is 11.7. The molecule has 0 fully saturated rings. The molecule has 2 rings (SSSR count). The summed E-state index contributed by atoms with van der Waals surface area (Å²) in [5.41, 5.74) is 2.22. The molecule has 5 nitrogen and oxygen atoms in total. The topological polar surface area (TPSA) is 75.9 Å². The molecule has 0 unspecified atom stereocenters. The van der Waals surface area contributed by atoms with E-state index in [4.69, 9.17) is 10.00 Å². The number of nitrogens with zero attached hydrogens (tertiary/aromatic N) is 3. The number of nitriles is 1. The largest absolute Gasteiger partial charge is 0.466 e. The standard InChI is InChI=1S/C16H15N3O2/c1-2-21-15(20)8-7-14-9-10-18-16(19-14)13-5-3-12(11-17)4-6-13/h3-6,9-10H,2,7-8H2,1H3. The van der Waals surface area contributed by atoms with Gasteiger partial charge in [-0.05, 0) is 37.3 Å². The number of aryl methyl sites for hydroxylation is 1. The van der Waals surface area contributed by atoms with Crippen LogP contribution in [0, 0.1) is 11.3 Å². The van der Waals surface area contributed by atoms with E-state index in [1.54, 1.807) is 31.3 Å². The highest BCUT2D eigenvalue weighted by atomic mass is 16.5. The van der Waals surface area contributed by atoms with Crippen molar-refractivity contribution in [1.82, 2.24) is 9.97 Å². The van der Waals surface area contributed by atoms with Crippen molar-refractivity contribution in [2.45, 2.75) is 19.8 Å². The summed E-state index contributed by atoms with van der Waals surface area (Å²) in [6, 6.07) is 10.9. The highest BCUT2D eigenvalue weighted by Gasteiger charge is 2.06. The first kappa shape index (κ1) is 14.7. The molecule has 2 aromatic rings. The van der Waals surface area contributed by atoms with E-state index in [9.17, 15) is 4.79 Å². The number of ether oxygens (including phenoxy) is 1. The van der Waals surface area contributed by atoms with Crippen LogP contribution in [-0.4, -0.2) is 22.5 Å². The van der Waals surface area contributed by atoms with Gasteiger partial charge in [-0.15, -0.1) is 0 Å². The molecule has 0 saturated heterocycles. The number of hydrogen-bond acceptors (Lipinski definition) is 5. The summed E-state index contributed by atoms with van der Waals surface area (Å²) in [7, 11) is 0. The van der Waals surface area contributed by atoms with Gasteiger partial charge in [0.05, 0.1) is 24.7 Å². The molecule has 0 bridgehead atoms. The fraction of sp³-hybridized carbons (Fsp3) is 0.250. The molecule has 0 atom stereocenters. The summed E-state index contributed by atoms with van der Waals surface area (Å²) in [6.45, 7) is 2.17. The molecule has 0 aliphatic heterocycles. The first-order chi connectivity index (χ1) is 10.2. The van der Waals surface area contributed by atoms with Crippen LogP contribution < -0.4 is 0 Å². The van der Waals surface area contributed by atoms with Gasteiger partial charge < -0.3 is 4.74 Å². The van der Waals surface area contributed by atoms with E-state index < -0.39 is 0 Å². The summed E-state index contributed by atoms with van der Waals surface area (Å²) >= 11 is 0. The molecule has 1 heterocycles. The SMILES string of the molecule is CCOC(=O)CCc1ccnc(-c2ccc(C#N)cc2)n1. The zero-order chi connectivity index (χ0) is 15.1. The summed E-state index contributed by atoms with van der Waals surface area (Å²) in [5, 5.41) is 8.78. The van der Waals surface area contributed by atoms with Crippen LogP contribution in [0.4, 0.5) is 0 Å². The van der Waals surface area contributed by atoms with Crippen molar-refractivity contribution in [3.05, 3.63) is 47.8 Å². The van der Waals surface area contributed by atoms with Gasteiger partial charge in [-0.3, -0.25) is 4.79 Å². The second-order valence-electron chi connectivity index (χ2n) is 4.37. The Morgan fingerprint density at radius 3 is 2.71 bits per heavy atom. The summed E-state index contributed by atoms with van der Waals surface area (Å²) in [4.78, 5) is 20.0. The molecular formula is C16H15N3O2. The van der Waals surface area contributed by atoms with Crippen molar-refractivity contribution in [2.75, 3.05) is 6.61 Å². The highest BCUT2D eigenvalue weighted by Crippen LogP contribution is 2.15. The van der Waals surface area contributed by atoms with Gasteiger partial charge in [-0.25, -0.2) is 9.97 Å². The van der Waals surface area contributed by atoms with Gasteiger partial charge in [0.15, 0.2) is 5.82 Å². The Kier molecular flexibility index (Phi) is 4.99. The van der Waals surface area contributed by atoms with Crippen molar-refractivity contribution in [3.63, 3.8) is 0 Å². The Morgan fingerprint density at radius 1 is 1.29 bits per heavy atom. The van der Waals surface area contributed by atoms with E-state index >= 15 is 0 Å². The highest BCUT2D eigenvalue weighted by molar-refractivity contribution is 5.69. The minimum absolute atomic E-state index is 0.226. The van der Waals surface area contributed by atoms with Crippen molar-refractivity contribution >= 4 is 5.97 Å². The van der Waals surface area contributed by atoms with Crippen LogP contribution in [0.15, 0.2) is 36.5 Å². The van der Waals surface area contributed by atoms with Crippen LogP contribution in [0.3, 0.4) is 0 Å². The van der Waals surface area contributed by atoms with Gasteiger partial charge in [0.25, 0.3) is 0 Å². The first-order valence-corrected chi connectivity index (χ1v) is 6.71. The zero-order valence-electron chi connectivity index (χ0n) is 11.7. The number of esters is 1. The lowest BCUT2D eigenvalue weighted by Gasteiger charge is -2.04. The molecule has 0 N–H and O–H groups in total. The number of carbonyl (C=O) groups excluding carboxylic acids is 1. The third kappa shape index (κ3) is 4.11. The summed E-state index contributed by atoms with van der Waals surface area (Å²) in [5.74, 6) is 0.358. The predicted octanol–water partition coefficient (Wildman–Crippen LogP) is 2.51. The van der Waals surface area contributed by atoms with Crippen molar-refractivity contribution < 1.29 is 9.53 Å². The fourth-order valence-electron chi connectivity index (χ4n) is 1.83. The maximum atomic E-state index is 11.3. The molecule has 0 amide bonds. The lowest BCUT2D eigenvalue weighted by Crippen LogP contribution is -2.06. The van der Waals surface area contributed by atoms with E-state index in [0.29, 0.717) is 30.8 Å². The van der Waals surface area contributed by atoms with Gasteiger partial charge in [-0.1, -0.05) is 0 Å². The van der Waals surface area contributed by atoms with Gasteiger partial charge >= 0.3 is 5.97 Å². The molecule has 0 aliphatic carbocycles. The van der Waals surface area contributed by atoms with Crippen molar-refractivity contribution in [2.24, 2.45) is 0 Å². The molecule has 0 saturated carbocycles. The Hall–Kier alpha value is -2.74. The minimum Gasteiger partial charge on any atom is -0.466 e. The lowest BCUT2D eigenvalue weighted by atomic mass is 10.1. The van der Waals surface area contributed by atoms with E-state index in [-0.39, 0.29) is 5.97 Å². The number of aromatic nitrogens is 2. The van der Waals surface area contributed by atoms with Crippen LogP contribution in [-0.2, 0) is 16.0 Å². The van der Waals surface area contributed by atoms with Crippen LogP contribution in [0.5, 0.6) is 0 Å². The van der Waals surface area contributed by atoms with Crippen molar-refractivity contribution in [3.8, 4) is 17.5 Å².